The van der Waals surface area contributed by atoms with Crippen molar-refractivity contribution in [3.63, 3.8) is 0 Å². The van der Waals surface area contributed by atoms with Gasteiger partial charge in [-0.2, -0.15) is 0 Å². The fraction of sp³-hybridized carbons (Fsp3) is 0.905. The van der Waals surface area contributed by atoms with E-state index < -0.39 is 72.6 Å². The molecule has 0 bridgehead atoms. The van der Waals surface area contributed by atoms with Crippen molar-refractivity contribution in [2.24, 2.45) is 0 Å². The maximum atomic E-state index is 10.4. The van der Waals surface area contributed by atoms with Crippen LogP contribution in [0.25, 0.3) is 0 Å². The first kappa shape index (κ1) is 25.9. The highest BCUT2D eigenvalue weighted by molar-refractivity contribution is 5.02. The van der Waals surface area contributed by atoms with Gasteiger partial charge in [0.15, 0.2) is 12.6 Å². The summed E-state index contributed by atoms with van der Waals surface area (Å²) < 4.78 is 28.4. The van der Waals surface area contributed by atoms with Crippen LogP contribution >= 0.6 is 0 Å². The van der Waals surface area contributed by atoms with Crippen LogP contribution in [0.1, 0.15) is 33.6 Å². The average Bonchev–Trinajstić information content (AvgIpc) is 3.03. The number of aliphatic hydroxyl groups is 6. The van der Waals surface area contributed by atoms with Crippen LogP contribution in [0.3, 0.4) is 0 Å². The zero-order valence-corrected chi connectivity index (χ0v) is 18.7. The molecule has 3 fully saturated rings. The summed E-state index contributed by atoms with van der Waals surface area (Å²) >= 11 is 0. The standard InChI is InChI=1S/C21H36O11/c1-5-20(4)7-6-12(19(2,3)32-20)31-17-15(25)14(24)13(23)11(30-17)8-28-18-16(26)21(27,9-22)10-29-18/h5,11-18,22-27H,1,6-10H2,2-4H3/t11-,12-,13-,14+,15-,16+,17+,18-,20+,21-/m1/s1. The summed E-state index contributed by atoms with van der Waals surface area (Å²) in [4.78, 5) is 0. The van der Waals surface area contributed by atoms with Crippen LogP contribution in [0, 0.1) is 0 Å². The fourth-order valence-electron chi connectivity index (χ4n) is 4.31. The lowest BCUT2D eigenvalue weighted by Gasteiger charge is -2.49. The molecule has 0 spiro atoms. The largest absolute Gasteiger partial charge is 0.393 e. The molecule has 0 radical (unpaired) electrons. The zero-order chi connectivity index (χ0) is 23.9. The predicted octanol–water partition coefficient (Wildman–Crippen LogP) is -1.83. The molecule has 11 nitrogen and oxygen atoms in total. The Hall–Kier alpha value is -0.700. The SMILES string of the molecule is C=C[C@@]1(C)CC[C@@H](O[C@@H]2O[C@H](CO[C@@H]3OC[C@](O)(CO)[C@H]3O)[C@@H](O)[C@H](O)[C@H]2O)C(C)(C)O1. The van der Waals surface area contributed by atoms with Gasteiger partial charge in [0.25, 0.3) is 0 Å². The van der Waals surface area contributed by atoms with Crippen molar-refractivity contribution < 1.29 is 54.3 Å². The molecule has 3 saturated heterocycles. The Balaban J connectivity index is 1.62. The minimum atomic E-state index is -1.86. The summed E-state index contributed by atoms with van der Waals surface area (Å²) in [6.45, 7) is 8.04. The van der Waals surface area contributed by atoms with E-state index >= 15 is 0 Å². The van der Waals surface area contributed by atoms with Crippen molar-refractivity contribution in [2.45, 2.75) is 99.6 Å². The van der Waals surface area contributed by atoms with Crippen molar-refractivity contribution in [2.75, 3.05) is 19.8 Å². The Morgan fingerprint density at radius 2 is 1.75 bits per heavy atom. The van der Waals surface area contributed by atoms with Gasteiger partial charge >= 0.3 is 0 Å². The summed E-state index contributed by atoms with van der Waals surface area (Å²) in [7, 11) is 0. The van der Waals surface area contributed by atoms with Gasteiger partial charge in [-0.25, -0.2) is 0 Å². The number of hydrogen-bond donors (Lipinski definition) is 6. The first-order valence-corrected chi connectivity index (χ1v) is 10.8. The maximum Gasteiger partial charge on any atom is 0.187 e. The Morgan fingerprint density at radius 3 is 2.31 bits per heavy atom. The van der Waals surface area contributed by atoms with Crippen LogP contribution < -0.4 is 0 Å². The highest BCUT2D eigenvalue weighted by atomic mass is 16.7. The summed E-state index contributed by atoms with van der Waals surface area (Å²) in [6.07, 6.45) is -7.28. The van der Waals surface area contributed by atoms with Crippen molar-refractivity contribution >= 4 is 0 Å². The molecule has 3 rings (SSSR count). The number of aliphatic hydroxyl groups excluding tert-OH is 5. The molecule has 0 aliphatic carbocycles. The molecular formula is C21H36O11. The number of rotatable bonds is 7. The normalized spacial score (nSPS) is 49.2. The Labute approximate surface area is 187 Å². The fourth-order valence-corrected chi connectivity index (χ4v) is 4.31. The molecule has 0 amide bonds. The second-order valence-corrected chi connectivity index (χ2v) is 9.62. The van der Waals surface area contributed by atoms with E-state index in [2.05, 4.69) is 6.58 Å². The molecule has 11 heteroatoms. The van der Waals surface area contributed by atoms with Crippen molar-refractivity contribution in [1.29, 1.82) is 0 Å². The summed E-state index contributed by atoms with van der Waals surface area (Å²) in [5.74, 6) is 0. The molecule has 6 N–H and O–H groups in total. The van der Waals surface area contributed by atoms with Crippen molar-refractivity contribution in [3.05, 3.63) is 12.7 Å². The zero-order valence-electron chi connectivity index (χ0n) is 18.7. The van der Waals surface area contributed by atoms with E-state index in [0.717, 1.165) is 0 Å². The van der Waals surface area contributed by atoms with E-state index in [1.807, 2.05) is 20.8 Å². The smallest absolute Gasteiger partial charge is 0.187 e. The van der Waals surface area contributed by atoms with E-state index in [9.17, 15) is 30.6 Å². The molecule has 0 aromatic rings. The van der Waals surface area contributed by atoms with Crippen molar-refractivity contribution in [1.82, 2.24) is 0 Å². The Kier molecular flexibility index (Phi) is 7.70. The van der Waals surface area contributed by atoms with Gasteiger partial charge in [0.05, 0.1) is 37.1 Å². The molecule has 0 unspecified atom stereocenters. The van der Waals surface area contributed by atoms with Gasteiger partial charge in [-0.15, -0.1) is 6.58 Å². The predicted molar refractivity (Wildman–Crippen MR) is 108 cm³/mol. The van der Waals surface area contributed by atoms with Crippen LogP contribution in [-0.4, -0.2) is 116 Å². The van der Waals surface area contributed by atoms with Gasteiger partial charge in [-0.3, -0.25) is 0 Å². The molecule has 186 valence electrons. The molecule has 3 heterocycles. The highest BCUT2D eigenvalue weighted by Gasteiger charge is 2.51. The average molecular weight is 465 g/mol. The maximum absolute atomic E-state index is 10.4. The number of hydrogen-bond acceptors (Lipinski definition) is 11. The van der Waals surface area contributed by atoms with Gasteiger partial charge in [0.2, 0.25) is 0 Å². The lowest BCUT2D eigenvalue weighted by molar-refractivity contribution is -0.339. The Bertz CT molecular complexity index is 660. The van der Waals surface area contributed by atoms with E-state index in [1.165, 1.54) is 0 Å². The van der Waals surface area contributed by atoms with Crippen LogP contribution in [0.4, 0.5) is 0 Å². The monoisotopic (exact) mass is 464 g/mol. The minimum Gasteiger partial charge on any atom is -0.393 e. The summed E-state index contributed by atoms with van der Waals surface area (Å²) in [5.41, 5.74) is -3.11. The Morgan fingerprint density at radius 1 is 1.06 bits per heavy atom. The highest BCUT2D eigenvalue weighted by Crippen LogP contribution is 2.39. The van der Waals surface area contributed by atoms with E-state index in [0.29, 0.717) is 12.8 Å². The first-order chi connectivity index (χ1) is 14.9. The van der Waals surface area contributed by atoms with Crippen LogP contribution in [0.15, 0.2) is 12.7 Å². The molecule has 3 aliphatic rings. The lowest BCUT2D eigenvalue weighted by atomic mass is 9.85. The molecule has 32 heavy (non-hydrogen) atoms. The molecule has 0 saturated carbocycles. The third kappa shape index (κ3) is 5.03. The van der Waals surface area contributed by atoms with Gasteiger partial charge in [-0.1, -0.05) is 6.08 Å². The minimum absolute atomic E-state index is 0.336. The van der Waals surface area contributed by atoms with Crippen molar-refractivity contribution in [3.8, 4) is 0 Å². The van der Waals surface area contributed by atoms with E-state index in [-0.39, 0.29) is 13.2 Å². The van der Waals surface area contributed by atoms with Gasteiger partial charge < -0.3 is 54.3 Å². The van der Waals surface area contributed by atoms with Crippen LogP contribution in [0.5, 0.6) is 0 Å². The molecule has 0 aromatic heterocycles. The lowest BCUT2D eigenvalue weighted by Crippen LogP contribution is -2.62. The third-order valence-corrected chi connectivity index (χ3v) is 6.58. The molecule has 3 aliphatic heterocycles. The molecule has 0 aromatic carbocycles. The second kappa shape index (κ2) is 9.51. The molecular weight excluding hydrogens is 428 g/mol. The first-order valence-electron chi connectivity index (χ1n) is 10.8. The van der Waals surface area contributed by atoms with Gasteiger partial charge in [0, 0.05) is 0 Å². The summed E-state index contributed by atoms with van der Waals surface area (Å²) in [5, 5.41) is 60.4. The quantitative estimate of drug-likeness (QED) is 0.235. The van der Waals surface area contributed by atoms with E-state index in [4.69, 9.17) is 23.7 Å². The van der Waals surface area contributed by atoms with E-state index in [1.54, 1.807) is 6.08 Å². The third-order valence-electron chi connectivity index (χ3n) is 6.58. The summed E-state index contributed by atoms with van der Waals surface area (Å²) in [6, 6.07) is 0. The number of ether oxygens (including phenoxy) is 5. The molecule has 10 atom stereocenters. The van der Waals surface area contributed by atoms with Crippen LogP contribution in [0.2, 0.25) is 0 Å². The van der Waals surface area contributed by atoms with Crippen LogP contribution in [-0.2, 0) is 23.7 Å². The van der Waals surface area contributed by atoms with Gasteiger partial charge in [0.1, 0.15) is 36.1 Å². The topological polar surface area (TPSA) is 168 Å². The van der Waals surface area contributed by atoms with Gasteiger partial charge in [-0.05, 0) is 33.6 Å². The second-order valence-electron chi connectivity index (χ2n) is 9.62.